The lowest BCUT2D eigenvalue weighted by Gasteiger charge is -2.26. The molecule has 1 heterocycles. The van der Waals surface area contributed by atoms with E-state index in [0.29, 0.717) is 23.6 Å². The highest BCUT2D eigenvalue weighted by Gasteiger charge is 2.18. The number of hydrogen-bond donors (Lipinski definition) is 0. The zero-order valence-electron chi connectivity index (χ0n) is 12.5. The number of halogens is 1. The lowest BCUT2D eigenvalue weighted by Crippen LogP contribution is -2.34. The topological polar surface area (TPSA) is 20.3 Å². The fourth-order valence-electron chi connectivity index (χ4n) is 2.82. The Morgan fingerprint density at radius 3 is 2.90 bits per heavy atom. The molecular weight excluding hydrogens is 253 g/mol. The van der Waals surface area contributed by atoms with Crippen molar-refractivity contribution in [1.82, 2.24) is 4.90 Å². The number of Topliss-reactive ketones (excluding diaryl/α,β-unsaturated/α-hetero) is 1. The van der Waals surface area contributed by atoms with Crippen LogP contribution in [-0.2, 0) is 0 Å². The van der Waals surface area contributed by atoms with Crippen molar-refractivity contribution in [3.05, 3.63) is 35.1 Å². The van der Waals surface area contributed by atoms with E-state index in [4.69, 9.17) is 0 Å². The molecule has 1 aromatic rings. The Morgan fingerprint density at radius 1 is 1.35 bits per heavy atom. The molecule has 2 rings (SSSR count). The third-order valence-electron chi connectivity index (χ3n) is 4.31. The highest BCUT2D eigenvalue weighted by molar-refractivity contribution is 5.96. The van der Waals surface area contributed by atoms with E-state index in [1.54, 1.807) is 19.1 Å². The number of rotatable bonds is 4. The summed E-state index contributed by atoms with van der Waals surface area (Å²) in [6.07, 6.45) is 5.49. The molecule has 1 unspecified atom stereocenters. The van der Waals surface area contributed by atoms with Gasteiger partial charge >= 0.3 is 0 Å². The number of likely N-dealkylation sites (tertiary alicyclic amines) is 1. The first-order chi connectivity index (χ1) is 9.58. The summed E-state index contributed by atoms with van der Waals surface area (Å²) in [5, 5.41) is 0. The van der Waals surface area contributed by atoms with Crippen LogP contribution in [0.15, 0.2) is 18.2 Å². The quantitative estimate of drug-likeness (QED) is 0.776. The fourth-order valence-corrected chi connectivity index (χ4v) is 2.82. The smallest absolute Gasteiger partial charge is 0.164 e. The number of ketones is 1. The molecule has 0 radical (unpaired) electrons. The zero-order valence-corrected chi connectivity index (χ0v) is 12.5. The largest absolute Gasteiger partial charge is 0.300 e. The molecule has 2 nitrogen and oxygen atoms in total. The van der Waals surface area contributed by atoms with Gasteiger partial charge in [-0.05, 0) is 44.9 Å². The van der Waals surface area contributed by atoms with Crippen molar-refractivity contribution in [2.75, 3.05) is 13.1 Å². The summed E-state index contributed by atoms with van der Waals surface area (Å²) < 4.78 is 13.5. The molecule has 0 aliphatic carbocycles. The molecule has 110 valence electrons. The van der Waals surface area contributed by atoms with Crippen LogP contribution in [0.1, 0.15) is 54.9 Å². The molecule has 1 atom stereocenters. The average molecular weight is 277 g/mol. The van der Waals surface area contributed by atoms with Gasteiger partial charge in [-0.1, -0.05) is 25.0 Å². The Morgan fingerprint density at radius 2 is 2.15 bits per heavy atom. The van der Waals surface area contributed by atoms with E-state index >= 15 is 0 Å². The second-order valence-corrected chi connectivity index (χ2v) is 5.87. The van der Waals surface area contributed by atoms with Gasteiger partial charge in [0.1, 0.15) is 5.82 Å². The minimum Gasteiger partial charge on any atom is -0.300 e. The van der Waals surface area contributed by atoms with E-state index < -0.39 is 0 Å². The van der Waals surface area contributed by atoms with Crippen LogP contribution in [0.25, 0.3) is 0 Å². The second kappa shape index (κ2) is 6.98. The lowest BCUT2D eigenvalue weighted by molar-refractivity contribution is 0.0953. The normalized spacial score (nSPS) is 20.6. The van der Waals surface area contributed by atoms with Crippen molar-refractivity contribution in [2.24, 2.45) is 0 Å². The minimum absolute atomic E-state index is 0.0420. The lowest BCUT2D eigenvalue weighted by atomic mass is 10.1. The van der Waals surface area contributed by atoms with Crippen molar-refractivity contribution in [2.45, 2.75) is 52.0 Å². The first-order valence-corrected chi connectivity index (χ1v) is 7.61. The van der Waals surface area contributed by atoms with Gasteiger partial charge in [0.15, 0.2) is 5.78 Å². The summed E-state index contributed by atoms with van der Waals surface area (Å²) in [4.78, 5) is 14.5. The third kappa shape index (κ3) is 3.89. The SMILES string of the molecule is Cc1ccc(C(=O)CCN2CCCCCC2C)cc1F. The molecule has 1 fully saturated rings. The van der Waals surface area contributed by atoms with E-state index in [0.717, 1.165) is 13.1 Å². The Bertz CT molecular complexity index is 472. The Kier molecular flexibility index (Phi) is 5.30. The number of carbonyl (C=O) groups excluding carboxylic acids is 1. The molecule has 1 aromatic carbocycles. The Hall–Kier alpha value is -1.22. The van der Waals surface area contributed by atoms with Crippen LogP contribution >= 0.6 is 0 Å². The van der Waals surface area contributed by atoms with E-state index in [2.05, 4.69) is 11.8 Å². The molecular formula is C17H24FNO. The first kappa shape index (κ1) is 15.2. The second-order valence-electron chi connectivity index (χ2n) is 5.87. The number of hydrogen-bond acceptors (Lipinski definition) is 2. The van der Waals surface area contributed by atoms with Gasteiger partial charge in [0.25, 0.3) is 0 Å². The highest BCUT2D eigenvalue weighted by atomic mass is 19.1. The van der Waals surface area contributed by atoms with Gasteiger partial charge in [0.2, 0.25) is 0 Å². The number of carbonyl (C=O) groups is 1. The van der Waals surface area contributed by atoms with Gasteiger partial charge in [-0.25, -0.2) is 4.39 Å². The molecule has 0 bridgehead atoms. The van der Waals surface area contributed by atoms with Crippen LogP contribution in [0.5, 0.6) is 0 Å². The molecule has 20 heavy (non-hydrogen) atoms. The van der Waals surface area contributed by atoms with Crippen LogP contribution in [0.4, 0.5) is 4.39 Å². The summed E-state index contributed by atoms with van der Waals surface area (Å²) in [6, 6.07) is 5.33. The van der Waals surface area contributed by atoms with E-state index in [1.807, 2.05) is 0 Å². The van der Waals surface area contributed by atoms with Gasteiger partial charge < -0.3 is 4.90 Å². The molecule has 1 aliphatic rings. The van der Waals surface area contributed by atoms with E-state index in [1.165, 1.54) is 31.7 Å². The molecule has 1 saturated heterocycles. The van der Waals surface area contributed by atoms with Crippen molar-refractivity contribution in [1.29, 1.82) is 0 Å². The van der Waals surface area contributed by atoms with Crippen molar-refractivity contribution in [3.63, 3.8) is 0 Å². The summed E-state index contributed by atoms with van der Waals surface area (Å²) in [6.45, 7) is 5.82. The van der Waals surface area contributed by atoms with Gasteiger partial charge in [0, 0.05) is 24.6 Å². The van der Waals surface area contributed by atoms with Gasteiger partial charge in [-0.15, -0.1) is 0 Å². The highest BCUT2D eigenvalue weighted by Crippen LogP contribution is 2.17. The molecule has 0 amide bonds. The zero-order chi connectivity index (χ0) is 14.5. The van der Waals surface area contributed by atoms with Crippen molar-refractivity contribution >= 4 is 5.78 Å². The van der Waals surface area contributed by atoms with Crippen molar-refractivity contribution in [3.8, 4) is 0 Å². The van der Waals surface area contributed by atoms with Crippen LogP contribution in [0.3, 0.4) is 0 Å². The van der Waals surface area contributed by atoms with Crippen LogP contribution in [0, 0.1) is 12.7 Å². The van der Waals surface area contributed by atoms with Gasteiger partial charge in [-0.3, -0.25) is 4.79 Å². The monoisotopic (exact) mass is 277 g/mol. The van der Waals surface area contributed by atoms with E-state index in [9.17, 15) is 9.18 Å². The molecule has 0 spiro atoms. The Labute approximate surface area is 121 Å². The summed E-state index contributed by atoms with van der Waals surface area (Å²) in [7, 11) is 0. The maximum Gasteiger partial charge on any atom is 0.164 e. The average Bonchev–Trinajstić information content (AvgIpc) is 2.64. The summed E-state index contributed by atoms with van der Waals surface area (Å²) in [5.74, 6) is -0.251. The van der Waals surface area contributed by atoms with Crippen LogP contribution in [0.2, 0.25) is 0 Å². The van der Waals surface area contributed by atoms with Crippen LogP contribution in [-0.4, -0.2) is 29.8 Å². The third-order valence-corrected chi connectivity index (χ3v) is 4.31. The molecule has 1 aliphatic heterocycles. The van der Waals surface area contributed by atoms with Gasteiger partial charge in [0.05, 0.1) is 0 Å². The fraction of sp³-hybridized carbons (Fsp3) is 0.588. The maximum absolute atomic E-state index is 13.5. The minimum atomic E-state index is -0.293. The van der Waals surface area contributed by atoms with Gasteiger partial charge in [-0.2, -0.15) is 0 Å². The summed E-state index contributed by atoms with van der Waals surface area (Å²) >= 11 is 0. The van der Waals surface area contributed by atoms with Crippen LogP contribution < -0.4 is 0 Å². The molecule has 0 aromatic heterocycles. The number of benzene rings is 1. The molecule has 0 saturated carbocycles. The standard InChI is InChI=1S/C17H24FNO/c1-13-7-8-15(12-16(13)18)17(20)9-11-19-10-5-3-4-6-14(19)2/h7-8,12,14H,3-6,9-11H2,1-2H3. The molecule has 3 heteroatoms. The Balaban J connectivity index is 1.92. The first-order valence-electron chi connectivity index (χ1n) is 7.61. The summed E-state index contributed by atoms with van der Waals surface area (Å²) in [5.41, 5.74) is 1.08. The molecule has 0 N–H and O–H groups in total. The van der Waals surface area contributed by atoms with E-state index in [-0.39, 0.29) is 11.6 Å². The predicted molar refractivity (Wildman–Crippen MR) is 79.6 cm³/mol. The number of nitrogens with zero attached hydrogens (tertiary/aromatic N) is 1. The number of aryl methyl sites for hydroxylation is 1. The maximum atomic E-state index is 13.5. The van der Waals surface area contributed by atoms with Crippen molar-refractivity contribution < 1.29 is 9.18 Å². The predicted octanol–water partition coefficient (Wildman–Crippen LogP) is 3.97.